The summed E-state index contributed by atoms with van der Waals surface area (Å²) in [6.45, 7) is 2.71. The monoisotopic (exact) mass is 306 g/mol. The Kier molecular flexibility index (Phi) is 3.54. The van der Waals surface area contributed by atoms with Gasteiger partial charge in [-0.15, -0.1) is 0 Å². The molecule has 4 rings (SSSR count). The third kappa shape index (κ3) is 2.95. The molecule has 3 aromatic rings. The predicted octanol–water partition coefficient (Wildman–Crippen LogP) is 3.66. The Morgan fingerprint density at radius 3 is 2.83 bits per heavy atom. The summed E-state index contributed by atoms with van der Waals surface area (Å²) in [5.41, 5.74) is 2.28. The first-order valence-electron chi connectivity index (χ1n) is 7.86. The van der Waals surface area contributed by atoms with Gasteiger partial charge in [-0.05, 0) is 42.9 Å². The fourth-order valence-electron chi connectivity index (χ4n) is 2.93. The minimum absolute atomic E-state index is 0.508. The topological polar surface area (TPSA) is 63.8 Å². The Bertz CT molecular complexity index is 800. The number of anilines is 1. The molecule has 0 saturated heterocycles. The van der Waals surface area contributed by atoms with Crippen LogP contribution >= 0.6 is 0 Å². The van der Waals surface area contributed by atoms with Gasteiger partial charge in [0.1, 0.15) is 5.82 Å². The van der Waals surface area contributed by atoms with E-state index in [0.29, 0.717) is 23.6 Å². The average Bonchev–Trinajstić information content (AvgIpc) is 3.26. The Balaban J connectivity index is 1.45. The van der Waals surface area contributed by atoms with Crippen molar-refractivity contribution >= 4 is 5.82 Å². The van der Waals surface area contributed by atoms with E-state index in [1.54, 1.807) is 6.20 Å². The first-order valence-corrected chi connectivity index (χ1v) is 7.86. The number of aryl methyl sites for hydroxylation is 1. The molecule has 1 aliphatic rings. The van der Waals surface area contributed by atoms with Crippen molar-refractivity contribution in [3.63, 3.8) is 0 Å². The van der Waals surface area contributed by atoms with E-state index >= 15 is 0 Å². The Morgan fingerprint density at radius 2 is 2.04 bits per heavy atom. The van der Waals surface area contributed by atoms with Crippen molar-refractivity contribution in [1.82, 2.24) is 15.1 Å². The molecule has 2 unspecified atom stereocenters. The third-order valence-corrected chi connectivity index (χ3v) is 4.25. The first-order chi connectivity index (χ1) is 11.3. The van der Waals surface area contributed by atoms with Gasteiger partial charge in [-0.2, -0.15) is 4.98 Å². The van der Waals surface area contributed by atoms with Crippen molar-refractivity contribution in [3.8, 4) is 11.5 Å². The molecule has 2 heterocycles. The number of benzene rings is 1. The van der Waals surface area contributed by atoms with Crippen LogP contribution in [-0.2, 0) is 0 Å². The second kappa shape index (κ2) is 5.83. The highest BCUT2D eigenvalue weighted by atomic mass is 16.5. The molecule has 1 aromatic carbocycles. The quantitative estimate of drug-likeness (QED) is 0.779. The van der Waals surface area contributed by atoms with Crippen molar-refractivity contribution < 1.29 is 4.52 Å². The molecule has 23 heavy (non-hydrogen) atoms. The van der Waals surface area contributed by atoms with Crippen LogP contribution in [0.15, 0.2) is 53.2 Å². The van der Waals surface area contributed by atoms with Gasteiger partial charge >= 0.3 is 0 Å². The summed E-state index contributed by atoms with van der Waals surface area (Å²) in [5.74, 6) is 3.24. The van der Waals surface area contributed by atoms with Crippen LogP contribution in [0.2, 0.25) is 0 Å². The van der Waals surface area contributed by atoms with Crippen molar-refractivity contribution in [2.45, 2.75) is 19.3 Å². The first kappa shape index (κ1) is 13.9. The molecule has 1 aliphatic carbocycles. The van der Waals surface area contributed by atoms with Crippen LogP contribution in [0.5, 0.6) is 0 Å². The largest absolute Gasteiger partial charge is 0.369 e. The zero-order chi connectivity index (χ0) is 15.6. The van der Waals surface area contributed by atoms with Crippen LogP contribution in [-0.4, -0.2) is 21.7 Å². The number of nitrogens with one attached hydrogen (secondary N) is 1. The molecule has 116 valence electrons. The van der Waals surface area contributed by atoms with Crippen LogP contribution < -0.4 is 5.32 Å². The Labute approximate surface area is 134 Å². The van der Waals surface area contributed by atoms with Gasteiger partial charge in [0.15, 0.2) is 5.82 Å². The van der Waals surface area contributed by atoms with Crippen molar-refractivity contribution in [2.75, 3.05) is 11.9 Å². The Morgan fingerprint density at radius 1 is 1.17 bits per heavy atom. The summed E-state index contributed by atoms with van der Waals surface area (Å²) >= 11 is 0. The number of rotatable bonds is 5. The van der Waals surface area contributed by atoms with Gasteiger partial charge in [0.25, 0.3) is 5.89 Å². The summed E-state index contributed by atoms with van der Waals surface area (Å²) in [5, 5.41) is 7.30. The summed E-state index contributed by atoms with van der Waals surface area (Å²) < 4.78 is 5.26. The van der Waals surface area contributed by atoms with Gasteiger partial charge in [0.2, 0.25) is 0 Å². The lowest BCUT2D eigenvalue weighted by molar-refractivity contribution is 0.425. The third-order valence-electron chi connectivity index (χ3n) is 4.25. The van der Waals surface area contributed by atoms with Gasteiger partial charge in [0.05, 0.1) is 5.56 Å². The number of nitrogens with zero attached hydrogens (tertiary/aromatic N) is 3. The van der Waals surface area contributed by atoms with Gasteiger partial charge in [0, 0.05) is 12.7 Å². The summed E-state index contributed by atoms with van der Waals surface area (Å²) in [4.78, 5) is 8.71. The van der Waals surface area contributed by atoms with Crippen LogP contribution in [0.3, 0.4) is 0 Å². The molecule has 0 spiro atoms. The van der Waals surface area contributed by atoms with E-state index < -0.39 is 0 Å². The van der Waals surface area contributed by atoms with E-state index in [2.05, 4.69) is 50.8 Å². The molecular formula is C18H18N4O. The van der Waals surface area contributed by atoms with E-state index in [-0.39, 0.29) is 0 Å². The minimum atomic E-state index is 0.508. The maximum absolute atomic E-state index is 5.26. The van der Waals surface area contributed by atoms with Crippen molar-refractivity contribution in [2.24, 2.45) is 5.92 Å². The Hall–Kier alpha value is -2.69. The number of pyridine rings is 1. The summed E-state index contributed by atoms with van der Waals surface area (Å²) in [7, 11) is 0. The van der Waals surface area contributed by atoms with E-state index in [9.17, 15) is 0 Å². The minimum Gasteiger partial charge on any atom is -0.369 e. The molecular weight excluding hydrogens is 288 g/mol. The molecule has 0 radical (unpaired) electrons. The van der Waals surface area contributed by atoms with Crippen LogP contribution in [0.1, 0.15) is 23.7 Å². The number of hydrogen-bond acceptors (Lipinski definition) is 5. The molecule has 0 bridgehead atoms. The van der Waals surface area contributed by atoms with Crippen LogP contribution in [0, 0.1) is 12.8 Å². The standard InChI is InChI=1S/C18H18N4O/c1-12-21-18(23-22-12)15-8-5-9-19-17(15)20-11-14-10-16(14)13-6-3-2-4-7-13/h2-9,14,16H,10-11H2,1H3,(H,19,20). The second-order valence-electron chi connectivity index (χ2n) is 5.94. The fourth-order valence-corrected chi connectivity index (χ4v) is 2.93. The van der Waals surface area contributed by atoms with Gasteiger partial charge < -0.3 is 9.84 Å². The van der Waals surface area contributed by atoms with Crippen molar-refractivity contribution in [1.29, 1.82) is 0 Å². The average molecular weight is 306 g/mol. The molecule has 0 amide bonds. The molecule has 0 aliphatic heterocycles. The molecule has 1 N–H and O–H groups in total. The highest BCUT2D eigenvalue weighted by Crippen LogP contribution is 2.47. The maximum Gasteiger partial charge on any atom is 0.261 e. The normalized spacial score (nSPS) is 19.5. The lowest BCUT2D eigenvalue weighted by atomic mass is 10.1. The summed E-state index contributed by atoms with van der Waals surface area (Å²) in [6, 6.07) is 14.5. The van der Waals surface area contributed by atoms with E-state index in [1.165, 1.54) is 12.0 Å². The van der Waals surface area contributed by atoms with Crippen LogP contribution in [0.25, 0.3) is 11.5 Å². The van der Waals surface area contributed by atoms with E-state index in [1.807, 2.05) is 19.1 Å². The lowest BCUT2D eigenvalue weighted by Crippen LogP contribution is -2.07. The SMILES string of the molecule is Cc1noc(-c2cccnc2NCC2CC2c2ccccc2)n1. The fraction of sp³-hybridized carbons (Fsp3) is 0.278. The predicted molar refractivity (Wildman–Crippen MR) is 88.0 cm³/mol. The molecule has 2 atom stereocenters. The second-order valence-corrected chi connectivity index (χ2v) is 5.94. The number of aromatic nitrogens is 3. The van der Waals surface area contributed by atoms with Crippen molar-refractivity contribution in [3.05, 3.63) is 60.0 Å². The van der Waals surface area contributed by atoms with Gasteiger partial charge in [-0.1, -0.05) is 35.5 Å². The van der Waals surface area contributed by atoms with Gasteiger partial charge in [-0.25, -0.2) is 4.98 Å². The maximum atomic E-state index is 5.26. The molecule has 1 saturated carbocycles. The highest BCUT2D eigenvalue weighted by Gasteiger charge is 2.37. The molecule has 5 heteroatoms. The molecule has 5 nitrogen and oxygen atoms in total. The lowest BCUT2D eigenvalue weighted by Gasteiger charge is -2.08. The van der Waals surface area contributed by atoms with E-state index in [4.69, 9.17) is 4.52 Å². The van der Waals surface area contributed by atoms with Gasteiger partial charge in [-0.3, -0.25) is 0 Å². The summed E-state index contributed by atoms with van der Waals surface area (Å²) in [6.07, 6.45) is 3.00. The zero-order valence-corrected chi connectivity index (χ0v) is 12.9. The highest BCUT2D eigenvalue weighted by molar-refractivity contribution is 5.68. The number of hydrogen-bond donors (Lipinski definition) is 1. The smallest absolute Gasteiger partial charge is 0.261 e. The van der Waals surface area contributed by atoms with E-state index in [0.717, 1.165) is 17.9 Å². The molecule has 2 aromatic heterocycles. The molecule has 1 fully saturated rings. The van der Waals surface area contributed by atoms with Crippen LogP contribution in [0.4, 0.5) is 5.82 Å². The zero-order valence-electron chi connectivity index (χ0n) is 12.9.